The van der Waals surface area contributed by atoms with Crippen molar-refractivity contribution in [2.24, 2.45) is 17.6 Å². The Labute approximate surface area is 115 Å². The maximum Gasteiger partial charge on any atom is 0.240 e. The average Bonchev–Trinajstić information content (AvgIpc) is 2.50. The summed E-state index contributed by atoms with van der Waals surface area (Å²) >= 11 is 0. The van der Waals surface area contributed by atoms with Crippen LogP contribution in [0, 0.1) is 23.7 Å². The highest BCUT2D eigenvalue weighted by molar-refractivity contribution is 5.86. The lowest BCUT2D eigenvalue weighted by Crippen LogP contribution is -2.47. The number of carbonyl (C=O) groups is 2. The van der Waals surface area contributed by atoms with Crippen LogP contribution in [0.5, 0.6) is 0 Å². The molecule has 2 amide bonds. The third-order valence-electron chi connectivity index (χ3n) is 3.36. The van der Waals surface area contributed by atoms with E-state index in [-0.39, 0.29) is 11.8 Å². The zero-order chi connectivity index (χ0) is 14.4. The van der Waals surface area contributed by atoms with E-state index in [1.54, 1.807) is 4.90 Å². The van der Waals surface area contributed by atoms with Gasteiger partial charge in [0.1, 0.15) is 6.04 Å². The van der Waals surface area contributed by atoms with E-state index < -0.39 is 11.9 Å². The number of hydrogen-bond acceptors (Lipinski definition) is 2. The van der Waals surface area contributed by atoms with Crippen molar-refractivity contribution in [2.45, 2.75) is 52.5 Å². The molecule has 0 spiro atoms. The van der Waals surface area contributed by atoms with E-state index >= 15 is 0 Å². The van der Waals surface area contributed by atoms with Crippen molar-refractivity contribution in [1.29, 1.82) is 0 Å². The number of rotatable bonds is 3. The molecule has 0 aliphatic carbocycles. The first kappa shape index (κ1) is 15.6. The molecule has 1 aliphatic rings. The Bertz CT molecular complexity index is 393. The summed E-state index contributed by atoms with van der Waals surface area (Å²) in [5, 5.41) is 0. The summed E-state index contributed by atoms with van der Waals surface area (Å²) in [7, 11) is 0. The highest BCUT2D eigenvalue weighted by atomic mass is 16.2. The van der Waals surface area contributed by atoms with Crippen molar-refractivity contribution in [1.82, 2.24) is 4.90 Å². The van der Waals surface area contributed by atoms with Crippen molar-refractivity contribution in [3.8, 4) is 11.8 Å². The fourth-order valence-electron chi connectivity index (χ4n) is 2.38. The van der Waals surface area contributed by atoms with Gasteiger partial charge in [-0.1, -0.05) is 26.7 Å². The lowest BCUT2D eigenvalue weighted by molar-refractivity contribution is -0.139. The minimum absolute atomic E-state index is 0.00575. The van der Waals surface area contributed by atoms with Crippen molar-refractivity contribution >= 4 is 11.8 Å². The highest BCUT2D eigenvalue weighted by Crippen LogP contribution is 2.20. The number of nitrogens with zero attached hydrogens (tertiary/aromatic N) is 1. The second-order valence-electron chi connectivity index (χ2n) is 5.40. The van der Waals surface area contributed by atoms with Crippen LogP contribution in [0.3, 0.4) is 0 Å². The Hall–Kier alpha value is -1.50. The molecule has 1 fully saturated rings. The molecule has 2 N–H and O–H groups in total. The molecule has 1 aliphatic heterocycles. The number of primary amides is 1. The van der Waals surface area contributed by atoms with E-state index in [1.807, 2.05) is 20.8 Å². The minimum atomic E-state index is -0.468. The predicted molar refractivity (Wildman–Crippen MR) is 74.9 cm³/mol. The van der Waals surface area contributed by atoms with Crippen molar-refractivity contribution in [3.05, 3.63) is 0 Å². The molecule has 1 saturated heterocycles. The van der Waals surface area contributed by atoms with E-state index in [0.717, 1.165) is 12.8 Å². The van der Waals surface area contributed by atoms with Crippen LogP contribution in [0.4, 0.5) is 0 Å². The second kappa shape index (κ2) is 7.18. The molecule has 2 unspecified atom stereocenters. The van der Waals surface area contributed by atoms with Gasteiger partial charge in [-0.25, -0.2) is 0 Å². The Morgan fingerprint density at radius 1 is 1.53 bits per heavy atom. The summed E-state index contributed by atoms with van der Waals surface area (Å²) in [6, 6.07) is -0.468. The maximum absolute atomic E-state index is 12.2. The Balaban J connectivity index is 2.75. The highest BCUT2D eigenvalue weighted by Gasteiger charge is 2.30. The quantitative estimate of drug-likeness (QED) is 0.786. The molecule has 1 rings (SSSR count). The zero-order valence-corrected chi connectivity index (χ0v) is 12.1. The van der Waals surface area contributed by atoms with E-state index in [9.17, 15) is 9.59 Å². The van der Waals surface area contributed by atoms with E-state index in [4.69, 9.17) is 5.73 Å². The SMILES string of the molecule is CCC(C(N)=O)N1CCCC(C#CC(C)C)CC1=O. The van der Waals surface area contributed by atoms with E-state index in [2.05, 4.69) is 11.8 Å². The molecule has 2 atom stereocenters. The van der Waals surface area contributed by atoms with Gasteiger partial charge in [-0.3, -0.25) is 9.59 Å². The fourth-order valence-corrected chi connectivity index (χ4v) is 2.38. The lowest BCUT2D eigenvalue weighted by Gasteiger charge is -2.27. The van der Waals surface area contributed by atoms with Crippen LogP contribution in [0.15, 0.2) is 0 Å². The van der Waals surface area contributed by atoms with E-state index in [0.29, 0.717) is 25.3 Å². The van der Waals surface area contributed by atoms with Crippen LogP contribution in [0.1, 0.15) is 46.5 Å². The monoisotopic (exact) mass is 264 g/mol. The predicted octanol–water partition coefficient (Wildman–Crippen LogP) is 1.54. The number of hydrogen-bond donors (Lipinski definition) is 1. The first-order valence-corrected chi connectivity index (χ1v) is 7.05. The second-order valence-corrected chi connectivity index (χ2v) is 5.40. The molecular formula is C15H24N2O2. The maximum atomic E-state index is 12.2. The van der Waals surface area contributed by atoms with Crippen LogP contribution >= 0.6 is 0 Å². The average molecular weight is 264 g/mol. The van der Waals surface area contributed by atoms with Gasteiger partial charge in [0, 0.05) is 24.8 Å². The number of likely N-dealkylation sites (tertiary alicyclic amines) is 1. The van der Waals surface area contributed by atoms with Gasteiger partial charge in [-0.2, -0.15) is 0 Å². The fraction of sp³-hybridized carbons (Fsp3) is 0.733. The van der Waals surface area contributed by atoms with Crippen LogP contribution < -0.4 is 5.73 Å². The summed E-state index contributed by atoms with van der Waals surface area (Å²) in [5.74, 6) is 6.35. The normalized spacial score (nSPS) is 21.6. The zero-order valence-electron chi connectivity index (χ0n) is 12.1. The third-order valence-corrected chi connectivity index (χ3v) is 3.36. The lowest BCUT2D eigenvalue weighted by atomic mass is 10.0. The van der Waals surface area contributed by atoms with Gasteiger partial charge in [0.25, 0.3) is 0 Å². The smallest absolute Gasteiger partial charge is 0.240 e. The molecule has 4 nitrogen and oxygen atoms in total. The Morgan fingerprint density at radius 3 is 2.74 bits per heavy atom. The molecule has 0 aromatic rings. The van der Waals surface area contributed by atoms with Crippen LogP contribution in [-0.4, -0.2) is 29.3 Å². The van der Waals surface area contributed by atoms with Crippen LogP contribution in [0.25, 0.3) is 0 Å². The first-order valence-electron chi connectivity index (χ1n) is 7.05. The van der Waals surface area contributed by atoms with Crippen molar-refractivity contribution < 1.29 is 9.59 Å². The van der Waals surface area contributed by atoms with Gasteiger partial charge < -0.3 is 10.6 Å². The van der Waals surface area contributed by atoms with Crippen LogP contribution in [-0.2, 0) is 9.59 Å². The van der Waals surface area contributed by atoms with E-state index in [1.165, 1.54) is 0 Å². The van der Waals surface area contributed by atoms with Crippen LogP contribution in [0.2, 0.25) is 0 Å². The molecule has 0 radical (unpaired) electrons. The molecular weight excluding hydrogens is 240 g/mol. The molecule has 0 saturated carbocycles. The molecule has 4 heteroatoms. The van der Waals surface area contributed by atoms with Gasteiger partial charge in [0.15, 0.2) is 0 Å². The summed E-state index contributed by atoms with van der Waals surface area (Å²) in [6.07, 6.45) is 2.77. The number of carbonyl (C=O) groups excluding carboxylic acids is 2. The number of amides is 2. The van der Waals surface area contributed by atoms with Gasteiger partial charge in [0.2, 0.25) is 11.8 Å². The summed E-state index contributed by atoms with van der Waals surface area (Å²) in [5.41, 5.74) is 5.36. The molecule has 1 heterocycles. The van der Waals surface area contributed by atoms with Gasteiger partial charge in [-0.05, 0) is 19.3 Å². The molecule has 0 aromatic heterocycles. The molecule has 0 aromatic carbocycles. The molecule has 19 heavy (non-hydrogen) atoms. The minimum Gasteiger partial charge on any atom is -0.368 e. The first-order chi connectivity index (χ1) is 8.95. The van der Waals surface area contributed by atoms with Gasteiger partial charge in [-0.15, -0.1) is 5.92 Å². The van der Waals surface area contributed by atoms with Gasteiger partial charge >= 0.3 is 0 Å². The Morgan fingerprint density at radius 2 is 2.21 bits per heavy atom. The topological polar surface area (TPSA) is 63.4 Å². The molecule has 0 bridgehead atoms. The standard InChI is InChI=1S/C15H24N2O2/c1-4-13(15(16)19)17-9-5-6-12(10-14(17)18)8-7-11(2)3/h11-13H,4-6,9-10H2,1-3H3,(H2,16,19). The summed E-state index contributed by atoms with van der Waals surface area (Å²) in [6.45, 7) is 6.57. The number of nitrogens with two attached hydrogens (primary N) is 1. The molecule has 106 valence electrons. The Kier molecular flexibility index (Phi) is 5.88. The third kappa shape index (κ3) is 4.59. The van der Waals surface area contributed by atoms with Crippen molar-refractivity contribution in [2.75, 3.05) is 6.54 Å². The summed E-state index contributed by atoms with van der Waals surface area (Å²) < 4.78 is 0. The summed E-state index contributed by atoms with van der Waals surface area (Å²) in [4.78, 5) is 25.2. The van der Waals surface area contributed by atoms with Gasteiger partial charge in [0.05, 0.1) is 0 Å². The largest absolute Gasteiger partial charge is 0.368 e. The van der Waals surface area contributed by atoms with Crippen molar-refractivity contribution in [3.63, 3.8) is 0 Å².